The average Bonchev–Trinajstić information content (AvgIpc) is 2.69. The molecule has 3 unspecified atom stereocenters. The van der Waals surface area contributed by atoms with Crippen LogP contribution in [0.3, 0.4) is 0 Å². The molecule has 1 aromatic rings. The van der Waals surface area contributed by atoms with Crippen LogP contribution in [0, 0.1) is 5.92 Å². The molecule has 0 spiro atoms. The summed E-state index contributed by atoms with van der Waals surface area (Å²) in [5, 5.41) is 5.31. The van der Waals surface area contributed by atoms with Crippen LogP contribution in [0.25, 0.3) is 0 Å². The Kier molecular flexibility index (Phi) is 3.63. The number of nitrogens with zero attached hydrogens (tertiary/aromatic N) is 1. The maximum Gasteiger partial charge on any atom is 0.0722 e. The van der Waals surface area contributed by atoms with Crippen LogP contribution in [0.4, 0.5) is 5.69 Å². The standard InChI is InChI=1S/C13H15Cl3N2/c14-9-5-10(15)13(11(16)6-9)17-12-2-4-18-3-1-8(12)7-18/h5-6,8,12,17H,1-4,7H2. The fourth-order valence-corrected chi connectivity index (χ4v) is 3.93. The van der Waals surface area contributed by atoms with E-state index < -0.39 is 0 Å². The molecule has 18 heavy (non-hydrogen) atoms. The maximum atomic E-state index is 6.21. The van der Waals surface area contributed by atoms with Gasteiger partial charge in [0.05, 0.1) is 15.7 Å². The normalized spacial score (nSPS) is 30.5. The lowest BCUT2D eigenvalue weighted by Gasteiger charge is -2.32. The van der Waals surface area contributed by atoms with Gasteiger partial charge >= 0.3 is 0 Å². The van der Waals surface area contributed by atoms with Crippen LogP contribution >= 0.6 is 34.8 Å². The topological polar surface area (TPSA) is 15.3 Å². The van der Waals surface area contributed by atoms with Crippen LogP contribution in [-0.2, 0) is 0 Å². The van der Waals surface area contributed by atoms with E-state index in [1.807, 2.05) is 0 Å². The molecule has 2 fully saturated rings. The van der Waals surface area contributed by atoms with E-state index in [9.17, 15) is 0 Å². The minimum Gasteiger partial charge on any atom is -0.380 e. The van der Waals surface area contributed by atoms with Gasteiger partial charge in [-0.25, -0.2) is 0 Å². The number of rotatable bonds is 2. The summed E-state index contributed by atoms with van der Waals surface area (Å²) in [6.07, 6.45) is 2.42. The van der Waals surface area contributed by atoms with Crippen LogP contribution < -0.4 is 5.32 Å². The minimum absolute atomic E-state index is 0.472. The summed E-state index contributed by atoms with van der Waals surface area (Å²) in [6.45, 7) is 3.59. The highest BCUT2D eigenvalue weighted by Gasteiger charge is 2.34. The van der Waals surface area contributed by atoms with Crippen molar-refractivity contribution in [2.75, 3.05) is 25.0 Å². The molecule has 1 aromatic carbocycles. The van der Waals surface area contributed by atoms with Gasteiger partial charge in [0.2, 0.25) is 0 Å². The highest BCUT2D eigenvalue weighted by atomic mass is 35.5. The first-order valence-corrected chi connectivity index (χ1v) is 7.40. The summed E-state index contributed by atoms with van der Waals surface area (Å²) >= 11 is 18.4. The van der Waals surface area contributed by atoms with Gasteiger partial charge in [0.25, 0.3) is 0 Å². The summed E-state index contributed by atoms with van der Waals surface area (Å²) < 4.78 is 0. The van der Waals surface area contributed by atoms with Gasteiger partial charge in [-0.05, 0) is 37.4 Å². The van der Waals surface area contributed by atoms with E-state index in [1.165, 1.54) is 19.5 Å². The summed E-state index contributed by atoms with van der Waals surface area (Å²) in [4.78, 5) is 2.52. The molecule has 1 N–H and O–H groups in total. The molecule has 2 saturated heterocycles. The summed E-state index contributed by atoms with van der Waals surface area (Å²) in [6, 6.07) is 3.95. The number of benzene rings is 1. The smallest absolute Gasteiger partial charge is 0.0722 e. The van der Waals surface area contributed by atoms with Crippen LogP contribution in [0.5, 0.6) is 0 Å². The largest absolute Gasteiger partial charge is 0.380 e. The highest BCUT2D eigenvalue weighted by molar-refractivity contribution is 6.41. The van der Waals surface area contributed by atoms with Gasteiger partial charge in [-0.15, -0.1) is 0 Å². The Labute approximate surface area is 122 Å². The molecule has 3 rings (SSSR count). The molecule has 2 aliphatic rings. The second-order valence-corrected chi connectivity index (χ2v) is 6.38. The second kappa shape index (κ2) is 5.09. The third-order valence-electron chi connectivity index (χ3n) is 3.97. The van der Waals surface area contributed by atoms with E-state index in [0.29, 0.717) is 27.0 Å². The third kappa shape index (κ3) is 2.44. The summed E-state index contributed by atoms with van der Waals surface area (Å²) in [7, 11) is 0. The number of hydrogen-bond donors (Lipinski definition) is 1. The average molecular weight is 306 g/mol. The monoisotopic (exact) mass is 304 g/mol. The van der Waals surface area contributed by atoms with Crippen molar-refractivity contribution in [1.82, 2.24) is 4.90 Å². The zero-order valence-corrected chi connectivity index (χ0v) is 12.2. The van der Waals surface area contributed by atoms with E-state index in [4.69, 9.17) is 34.8 Å². The first kappa shape index (κ1) is 12.9. The molecule has 0 aromatic heterocycles. The predicted molar refractivity (Wildman–Crippen MR) is 78.0 cm³/mol. The Balaban J connectivity index is 1.80. The van der Waals surface area contributed by atoms with Crippen molar-refractivity contribution in [1.29, 1.82) is 0 Å². The zero-order chi connectivity index (χ0) is 12.7. The van der Waals surface area contributed by atoms with Gasteiger partial charge < -0.3 is 10.2 Å². The Bertz CT molecular complexity index is 441. The number of fused-ring (bicyclic) bond motifs is 2. The van der Waals surface area contributed by atoms with E-state index in [1.54, 1.807) is 12.1 Å². The lowest BCUT2D eigenvalue weighted by molar-refractivity contribution is 0.255. The molecular formula is C13H15Cl3N2. The highest BCUT2D eigenvalue weighted by Crippen LogP contribution is 2.37. The number of anilines is 1. The molecule has 2 heterocycles. The van der Waals surface area contributed by atoms with Gasteiger partial charge in [0.15, 0.2) is 0 Å². The summed E-state index contributed by atoms with van der Waals surface area (Å²) in [5.41, 5.74) is 0.827. The van der Waals surface area contributed by atoms with Crippen LogP contribution in [0.2, 0.25) is 15.1 Å². The predicted octanol–water partition coefficient (Wildman–Crippen LogP) is 4.15. The molecule has 98 valence electrons. The quantitative estimate of drug-likeness (QED) is 0.883. The Morgan fingerprint density at radius 1 is 1.06 bits per heavy atom. The van der Waals surface area contributed by atoms with Crippen molar-refractivity contribution in [2.24, 2.45) is 5.92 Å². The van der Waals surface area contributed by atoms with E-state index in [0.717, 1.165) is 18.7 Å². The fraction of sp³-hybridized carbons (Fsp3) is 0.538. The van der Waals surface area contributed by atoms with Gasteiger partial charge in [-0.3, -0.25) is 0 Å². The van der Waals surface area contributed by atoms with Crippen molar-refractivity contribution < 1.29 is 0 Å². The second-order valence-electron chi connectivity index (χ2n) is 5.13. The van der Waals surface area contributed by atoms with Crippen molar-refractivity contribution in [3.63, 3.8) is 0 Å². The third-order valence-corrected chi connectivity index (χ3v) is 4.79. The molecule has 0 aliphatic carbocycles. The lowest BCUT2D eigenvalue weighted by Crippen LogP contribution is -2.39. The van der Waals surface area contributed by atoms with Crippen molar-refractivity contribution in [3.8, 4) is 0 Å². The van der Waals surface area contributed by atoms with E-state index in [-0.39, 0.29) is 0 Å². The van der Waals surface area contributed by atoms with E-state index >= 15 is 0 Å². The molecule has 5 heteroatoms. The zero-order valence-electron chi connectivity index (χ0n) is 9.93. The van der Waals surface area contributed by atoms with Gasteiger partial charge in [0, 0.05) is 24.2 Å². The van der Waals surface area contributed by atoms with Crippen molar-refractivity contribution >= 4 is 40.5 Å². The van der Waals surface area contributed by atoms with Crippen molar-refractivity contribution in [2.45, 2.75) is 18.9 Å². The summed E-state index contributed by atoms with van der Waals surface area (Å²) in [5.74, 6) is 0.710. The molecule has 0 saturated carbocycles. The number of halogens is 3. The number of nitrogens with one attached hydrogen (secondary N) is 1. The molecule has 0 radical (unpaired) electrons. The molecule has 0 amide bonds. The van der Waals surface area contributed by atoms with Gasteiger partial charge in [-0.1, -0.05) is 34.8 Å². The Morgan fingerprint density at radius 2 is 1.72 bits per heavy atom. The minimum atomic E-state index is 0.472. The van der Waals surface area contributed by atoms with Crippen LogP contribution in [0.1, 0.15) is 12.8 Å². The SMILES string of the molecule is Clc1cc(Cl)c(NC2CCN3CCC2C3)c(Cl)c1. The first-order chi connectivity index (χ1) is 8.63. The molecule has 2 nitrogen and oxygen atoms in total. The van der Waals surface area contributed by atoms with Crippen LogP contribution in [-0.4, -0.2) is 30.6 Å². The van der Waals surface area contributed by atoms with Gasteiger partial charge in [-0.2, -0.15) is 0 Å². The first-order valence-electron chi connectivity index (χ1n) is 6.27. The van der Waals surface area contributed by atoms with Crippen molar-refractivity contribution in [3.05, 3.63) is 27.2 Å². The fourth-order valence-electron chi connectivity index (χ4n) is 3.01. The Morgan fingerprint density at radius 3 is 2.44 bits per heavy atom. The lowest BCUT2D eigenvalue weighted by atomic mass is 9.94. The molecule has 2 aliphatic heterocycles. The molecule has 3 atom stereocenters. The number of hydrogen-bond acceptors (Lipinski definition) is 2. The Hall–Kier alpha value is -0.150. The molecule has 2 bridgehead atoms. The maximum absolute atomic E-state index is 6.21. The van der Waals surface area contributed by atoms with Crippen LogP contribution in [0.15, 0.2) is 12.1 Å². The molecular weight excluding hydrogens is 291 g/mol. The number of piperidine rings is 1. The van der Waals surface area contributed by atoms with E-state index in [2.05, 4.69) is 10.2 Å². The van der Waals surface area contributed by atoms with Gasteiger partial charge in [0.1, 0.15) is 0 Å².